The van der Waals surface area contributed by atoms with Gasteiger partial charge >= 0.3 is 9.28 Å². The Morgan fingerprint density at radius 1 is 1.45 bits per heavy atom. The Bertz CT molecular complexity index is 103. The number of ether oxygens (including phenoxy) is 2. The number of epoxide rings is 1. The molecule has 1 fully saturated rings. The van der Waals surface area contributed by atoms with Gasteiger partial charge in [-0.2, -0.15) is 0 Å². The third kappa shape index (κ3) is 3.83. The molecule has 4 nitrogen and oxygen atoms in total. The zero-order chi connectivity index (χ0) is 8.10. The summed E-state index contributed by atoms with van der Waals surface area (Å²) >= 11 is 0. The smallest absolute Gasteiger partial charge is 0.347 e. The van der Waals surface area contributed by atoms with E-state index in [0.717, 1.165) is 6.61 Å². The second-order valence-electron chi connectivity index (χ2n) is 2.39. The lowest BCUT2D eigenvalue weighted by atomic mass is 10.5. The van der Waals surface area contributed by atoms with E-state index in [2.05, 4.69) is 0 Å². The van der Waals surface area contributed by atoms with E-state index in [4.69, 9.17) is 18.3 Å². The van der Waals surface area contributed by atoms with E-state index in [1.54, 1.807) is 14.2 Å². The van der Waals surface area contributed by atoms with Gasteiger partial charge in [0.2, 0.25) is 0 Å². The summed E-state index contributed by atoms with van der Waals surface area (Å²) in [6.07, 6.45) is 0.936. The van der Waals surface area contributed by atoms with Crippen molar-refractivity contribution >= 4 is 9.28 Å². The standard InChI is InChI=1S/C6H14O4Si/c1-7-11(8-2)5-9-3-6-4-10-6/h6,11H,3-5H2,1-2H3. The van der Waals surface area contributed by atoms with Crippen LogP contribution in [0.4, 0.5) is 0 Å². The predicted octanol–water partition coefficient (Wildman–Crippen LogP) is -0.546. The van der Waals surface area contributed by atoms with E-state index in [9.17, 15) is 0 Å². The second kappa shape index (κ2) is 4.84. The quantitative estimate of drug-likeness (QED) is 0.404. The molecular weight excluding hydrogens is 164 g/mol. The first-order valence-corrected chi connectivity index (χ1v) is 5.37. The SMILES string of the molecule is CO[SiH](COCC1CO1)OC. The van der Waals surface area contributed by atoms with Crippen molar-refractivity contribution in [1.29, 1.82) is 0 Å². The van der Waals surface area contributed by atoms with Crippen LogP contribution in [0.1, 0.15) is 0 Å². The number of hydrogen-bond acceptors (Lipinski definition) is 4. The van der Waals surface area contributed by atoms with Gasteiger partial charge in [-0.1, -0.05) is 0 Å². The summed E-state index contributed by atoms with van der Waals surface area (Å²) in [5.41, 5.74) is 0. The van der Waals surface area contributed by atoms with Crippen LogP contribution in [0.3, 0.4) is 0 Å². The van der Waals surface area contributed by atoms with Crippen molar-refractivity contribution in [2.75, 3.05) is 33.7 Å². The molecule has 0 amide bonds. The van der Waals surface area contributed by atoms with Crippen LogP contribution in [0.5, 0.6) is 0 Å². The summed E-state index contributed by atoms with van der Waals surface area (Å²) in [7, 11) is 1.80. The largest absolute Gasteiger partial charge is 0.399 e. The second-order valence-corrected chi connectivity index (χ2v) is 4.53. The summed E-state index contributed by atoms with van der Waals surface area (Å²) in [5, 5.41) is 0. The minimum absolute atomic E-state index is 0.332. The highest BCUT2D eigenvalue weighted by atomic mass is 28.3. The predicted molar refractivity (Wildman–Crippen MR) is 41.7 cm³/mol. The van der Waals surface area contributed by atoms with Crippen LogP contribution in [0.2, 0.25) is 0 Å². The zero-order valence-corrected chi connectivity index (χ0v) is 8.06. The van der Waals surface area contributed by atoms with Crippen LogP contribution in [0.15, 0.2) is 0 Å². The van der Waals surface area contributed by atoms with E-state index < -0.39 is 9.28 Å². The highest BCUT2D eigenvalue weighted by Gasteiger charge is 2.23. The Hall–Kier alpha value is 0.0569. The third-order valence-electron chi connectivity index (χ3n) is 1.49. The lowest BCUT2D eigenvalue weighted by Gasteiger charge is -2.09. The van der Waals surface area contributed by atoms with E-state index in [0.29, 0.717) is 18.9 Å². The molecule has 0 spiro atoms. The molecule has 0 aliphatic carbocycles. The van der Waals surface area contributed by atoms with E-state index >= 15 is 0 Å². The van der Waals surface area contributed by atoms with Gasteiger partial charge in [-0.05, 0) is 0 Å². The zero-order valence-electron chi connectivity index (χ0n) is 6.91. The molecule has 1 rings (SSSR count). The fraction of sp³-hybridized carbons (Fsp3) is 1.00. The maximum absolute atomic E-state index is 5.29. The lowest BCUT2D eigenvalue weighted by Crippen LogP contribution is -2.27. The highest BCUT2D eigenvalue weighted by Crippen LogP contribution is 2.08. The Balaban J connectivity index is 1.90. The van der Waals surface area contributed by atoms with Crippen molar-refractivity contribution in [3.05, 3.63) is 0 Å². The molecule has 1 unspecified atom stereocenters. The van der Waals surface area contributed by atoms with Crippen LogP contribution in [-0.2, 0) is 18.3 Å². The normalized spacial score (nSPS) is 22.6. The Labute approximate surface area is 68.2 Å². The molecule has 66 valence electrons. The van der Waals surface area contributed by atoms with Crippen molar-refractivity contribution in [1.82, 2.24) is 0 Å². The Morgan fingerprint density at radius 3 is 2.55 bits per heavy atom. The fourth-order valence-electron chi connectivity index (χ4n) is 0.692. The molecule has 0 bridgehead atoms. The topological polar surface area (TPSA) is 40.2 Å². The van der Waals surface area contributed by atoms with Crippen molar-refractivity contribution in [2.45, 2.75) is 6.10 Å². The molecule has 0 aromatic rings. The molecular formula is C6H14O4Si. The first kappa shape index (κ1) is 9.15. The summed E-state index contributed by atoms with van der Waals surface area (Å²) in [5.74, 6) is 0. The summed E-state index contributed by atoms with van der Waals surface area (Å²) in [6, 6.07) is 0. The molecule has 0 radical (unpaired) electrons. The van der Waals surface area contributed by atoms with Gasteiger partial charge < -0.3 is 18.3 Å². The molecule has 0 N–H and O–H groups in total. The van der Waals surface area contributed by atoms with Crippen LogP contribution in [-0.4, -0.2) is 49.1 Å². The molecule has 0 saturated carbocycles. The van der Waals surface area contributed by atoms with Gasteiger partial charge in [0, 0.05) is 14.2 Å². The molecule has 11 heavy (non-hydrogen) atoms. The Kier molecular flexibility index (Phi) is 4.02. The molecule has 1 saturated heterocycles. The molecule has 1 aliphatic heterocycles. The van der Waals surface area contributed by atoms with Crippen LogP contribution in [0, 0.1) is 0 Å². The first-order valence-electron chi connectivity index (χ1n) is 3.61. The molecule has 1 atom stereocenters. The molecule has 1 heterocycles. The van der Waals surface area contributed by atoms with Crippen molar-refractivity contribution in [3.63, 3.8) is 0 Å². The maximum Gasteiger partial charge on any atom is 0.347 e. The lowest BCUT2D eigenvalue weighted by molar-refractivity contribution is 0.124. The van der Waals surface area contributed by atoms with Gasteiger partial charge in [0.1, 0.15) is 6.10 Å². The van der Waals surface area contributed by atoms with Crippen LogP contribution >= 0.6 is 0 Å². The van der Waals surface area contributed by atoms with Gasteiger partial charge in [-0.25, -0.2) is 0 Å². The summed E-state index contributed by atoms with van der Waals surface area (Å²) in [4.78, 5) is 0. The maximum atomic E-state index is 5.29. The monoisotopic (exact) mass is 178 g/mol. The van der Waals surface area contributed by atoms with Gasteiger partial charge in [0.05, 0.1) is 19.4 Å². The van der Waals surface area contributed by atoms with E-state index in [1.807, 2.05) is 0 Å². The fourth-order valence-corrected chi connectivity index (χ4v) is 1.49. The van der Waals surface area contributed by atoms with Gasteiger partial charge in [-0.15, -0.1) is 0 Å². The van der Waals surface area contributed by atoms with Crippen molar-refractivity contribution < 1.29 is 18.3 Å². The van der Waals surface area contributed by atoms with Crippen molar-refractivity contribution in [2.24, 2.45) is 0 Å². The average Bonchev–Trinajstić information content (AvgIpc) is 2.82. The molecule has 1 aliphatic rings. The number of rotatable bonds is 6. The van der Waals surface area contributed by atoms with Crippen LogP contribution < -0.4 is 0 Å². The summed E-state index contributed by atoms with van der Waals surface area (Å²) in [6.45, 7) is 1.52. The first-order chi connectivity index (χ1) is 5.36. The van der Waals surface area contributed by atoms with Gasteiger partial charge in [0.25, 0.3) is 0 Å². The number of hydrogen-bond donors (Lipinski definition) is 0. The molecule has 0 aromatic carbocycles. The summed E-state index contributed by atoms with van der Waals surface area (Å²) < 4.78 is 20.4. The third-order valence-corrected chi connectivity index (χ3v) is 3.05. The van der Waals surface area contributed by atoms with Crippen molar-refractivity contribution in [3.8, 4) is 0 Å². The molecule has 5 heteroatoms. The van der Waals surface area contributed by atoms with E-state index in [-0.39, 0.29) is 0 Å². The average molecular weight is 178 g/mol. The minimum Gasteiger partial charge on any atom is -0.399 e. The minimum atomic E-state index is -1.50. The Morgan fingerprint density at radius 2 is 2.09 bits per heavy atom. The van der Waals surface area contributed by atoms with E-state index in [1.165, 1.54) is 0 Å². The van der Waals surface area contributed by atoms with Gasteiger partial charge in [0.15, 0.2) is 0 Å². The molecule has 0 aromatic heterocycles. The van der Waals surface area contributed by atoms with Crippen LogP contribution in [0.25, 0.3) is 0 Å². The highest BCUT2D eigenvalue weighted by molar-refractivity contribution is 6.44. The van der Waals surface area contributed by atoms with Gasteiger partial charge in [-0.3, -0.25) is 0 Å².